The summed E-state index contributed by atoms with van der Waals surface area (Å²) in [5, 5.41) is 0. The van der Waals surface area contributed by atoms with Gasteiger partial charge in [-0.15, -0.1) is 0 Å². The van der Waals surface area contributed by atoms with Crippen molar-refractivity contribution in [2.75, 3.05) is 24.7 Å². The molecule has 1 aliphatic rings. The molecule has 0 bridgehead atoms. The molecule has 4 nitrogen and oxygen atoms in total. The van der Waals surface area contributed by atoms with E-state index in [4.69, 9.17) is 10.5 Å². The van der Waals surface area contributed by atoms with Gasteiger partial charge < -0.3 is 15.4 Å². The van der Waals surface area contributed by atoms with Crippen molar-refractivity contribution in [3.63, 3.8) is 0 Å². The van der Waals surface area contributed by atoms with Crippen LogP contribution < -0.4 is 10.6 Å². The van der Waals surface area contributed by atoms with Crippen molar-refractivity contribution >= 4 is 5.82 Å². The van der Waals surface area contributed by atoms with E-state index in [0.717, 1.165) is 38.4 Å². The van der Waals surface area contributed by atoms with Crippen LogP contribution in [0, 0.1) is 0 Å². The number of morpholine rings is 1. The Balaban J connectivity index is 2.28. The second-order valence-corrected chi connectivity index (χ2v) is 5.88. The van der Waals surface area contributed by atoms with E-state index >= 15 is 0 Å². The van der Waals surface area contributed by atoms with E-state index in [1.807, 2.05) is 12.3 Å². The summed E-state index contributed by atoms with van der Waals surface area (Å²) in [4.78, 5) is 6.96. The Kier molecular flexibility index (Phi) is 4.42. The van der Waals surface area contributed by atoms with Crippen LogP contribution in [0.5, 0.6) is 0 Å². The molecule has 2 heterocycles. The van der Waals surface area contributed by atoms with Crippen LogP contribution in [0.4, 0.5) is 5.82 Å². The third-order valence-corrected chi connectivity index (χ3v) is 3.77. The van der Waals surface area contributed by atoms with Gasteiger partial charge in [0.2, 0.25) is 0 Å². The average Bonchev–Trinajstić information content (AvgIpc) is 2.39. The van der Waals surface area contributed by atoms with E-state index in [-0.39, 0.29) is 11.6 Å². The standard InChI is InChI=1S/C15H25N3O/c1-4-13(16)10-12-6-5-7-17-14(12)18-8-9-19-11-15(18,2)3/h5-7,13H,4,8-11,16H2,1-3H3. The first-order valence-electron chi connectivity index (χ1n) is 7.09. The predicted octanol–water partition coefficient (Wildman–Crippen LogP) is 1.98. The zero-order valence-electron chi connectivity index (χ0n) is 12.2. The minimum Gasteiger partial charge on any atom is -0.377 e. The molecule has 0 aliphatic carbocycles. The molecule has 1 saturated heterocycles. The fourth-order valence-electron chi connectivity index (χ4n) is 2.51. The predicted molar refractivity (Wildman–Crippen MR) is 78.5 cm³/mol. The summed E-state index contributed by atoms with van der Waals surface area (Å²) in [6.07, 6.45) is 3.73. The van der Waals surface area contributed by atoms with E-state index < -0.39 is 0 Å². The molecule has 1 fully saturated rings. The number of hydrogen-bond acceptors (Lipinski definition) is 4. The number of nitrogens with two attached hydrogens (primary N) is 1. The summed E-state index contributed by atoms with van der Waals surface area (Å²) in [6, 6.07) is 4.34. The first-order chi connectivity index (χ1) is 9.04. The van der Waals surface area contributed by atoms with Gasteiger partial charge in [0.15, 0.2) is 0 Å². The monoisotopic (exact) mass is 263 g/mol. The summed E-state index contributed by atoms with van der Waals surface area (Å²) in [5.41, 5.74) is 7.33. The van der Waals surface area contributed by atoms with Crippen LogP contribution >= 0.6 is 0 Å². The van der Waals surface area contributed by atoms with Gasteiger partial charge in [0.25, 0.3) is 0 Å². The molecule has 2 N–H and O–H groups in total. The lowest BCUT2D eigenvalue weighted by Crippen LogP contribution is -2.54. The van der Waals surface area contributed by atoms with Crippen molar-refractivity contribution < 1.29 is 4.74 Å². The zero-order valence-corrected chi connectivity index (χ0v) is 12.2. The van der Waals surface area contributed by atoms with E-state index in [1.165, 1.54) is 5.56 Å². The van der Waals surface area contributed by atoms with Gasteiger partial charge in [-0.2, -0.15) is 0 Å². The highest BCUT2D eigenvalue weighted by molar-refractivity contribution is 5.50. The lowest BCUT2D eigenvalue weighted by atomic mass is 9.99. The molecule has 4 heteroatoms. The van der Waals surface area contributed by atoms with Gasteiger partial charge in [-0.25, -0.2) is 4.98 Å². The molecular weight excluding hydrogens is 238 g/mol. The van der Waals surface area contributed by atoms with Crippen LogP contribution in [0.1, 0.15) is 32.8 Å². The van der Waals surface area contributed by atoms with Gasteiger partial charge in [-0.3, -0.25) is 0 Å². The molecular formula is C15H25N3O. The van der Waals surface area contributed by atoms with E-state index in [0.29, 0.717) is 0 Å². The first-order valence-corrected chi connectivity index (χ1v) is 7.09. The van der Waals surface area contributed by atoms with Gasteiger partial charge >= 0.3 is 0 Å². The van der Waals surface area contributed by atoms with Crippen molar-refractivity contribution in [1.29, 1.82) is 0 Å². The number of nitrogens with zero attached hydrogens (tertiary/aromatic N) is 2. The number of aromatic nitrogens is 1. The number of hydrogen-bond donors (Lipinski definition) is 1. The largest absolute Gasteiger partial charge is 0.377 e. The molecule has 19 heavy (non-hydrogen) atoms. The van der Waals surface area contributed by atoms with Crippen LogP contribution in [-0.2, 0) is 11.2 Å². The highest BCUT2D eigenvalue weighted by atomic mass is 16.5. The summed E-state index contributed by atoms with van der Waals surface area (Å²) in [7, 11) is 0. The molecule has 0 spiro atoms. The Morgan fingerprint density at radius 1 is 1.53 bits per heavy atom. The number of rotatable bonds is 4. The molecule has 2 rings (SSSR count). The Hall–Kier alpha value is -1.13. The zero-order chi connectivity index (χ0) is 13.9. The summed E-state index contributed by atoms with van der Waals surface area (Å²) >= 11 is 0. The Bertz CT molecular complexity index is 420. The number of pyridine rings is 1. The minimum absolute atomic E-state index is 0.0162. The Labute approximate surface area is 116 Å². The SMILES string of the molecule is CCC(N)Cc1cccnc1N1CCOCC1(C)C. The van der Waals surface area contributed by atoms with Gasteiger partial charge in [-0.1, -0.05) is 13.0 Å². The molecule has 0 saturated carbocycles. The molecule has 106 valence electrons. The van der Waals surface area contributed by atoms with Crippen LogP contribution in [0.25, 0.3) is 0 Å². The molecule has 1 unspecified atom stereocenters. The van der Waals surface area contributed by atoms with Crippen molar-refractivity contribution in [2.45, 2.75) is 45.2 Å². The molecule has 0 amide bonds. The Morgan fingerprint density at radius 2 is 2.32 bits per heavy atom. The second kappa shape index (κ2) is 5.88. The van der Waals surface area contributed by atoms with E-state index in [9.17, 15) is 0 Å². The van der Waals surface area contributed by atoms with Gasteiger partial charge in [-0.05, 0) is 38.3 Å². The maximum absolute atomic E-state index is 6.10. The second-order valence-electron chi connectivity index (χ2n) is 5.88. The van der Waals surface area contributed by atoms with Crippen LogP contribution in [0.15, 0.2) is 18.3 Å². The summed E-state index contributed by atoms with van der Waals surface area (Å²) in [5.74, 6) is 1.07. The molecule has 1 aliphatic heterocycles. The van der Waals surface area contributed by atoms with Crippen LogP contribution in [-0.4, -0.2) is 36.3 Å². The first kappa shape index (κ1) is 14.3. The lowest BCUT2D eigenvalue weighted by molar-refractivity contribution is 0.0638. The van der Waals surface area contributed by atoms with Gasteiger partial charge in [0, 0.05) is 18.8 Å². The normalized spacial score (nSPS) is 20.3. The highest BCUT2D eigenvalue weighted by Gasteiger charge is 2.32. The molecule has 1 atom stereocenters. The Morgan fingerprint density at radius 3 is 3.00 bits per heavy atom. The molecule has 0 aromatic carbocycles. The fourth-order valence-corrected chi connectivity index (χ4v) is 2.51. The van der Waals surface area contributed by atoms with Crippen molar-refractivity contribution in [3.8, 4) is 0 Å². The third kappa shape index (κ3) is 3.25. The van der Waals surface area contributed by atoms with Crippen LogP contribution in [0.3, 0.4) is 0 Å². The van der Waals surface area contributed by atoms with Gasteiger partial charge in [0.1, 0.15) is 5.82 Å². The quantitative estimate of drug-likeness (QED) is 0.902. The molecule has 1 aromatic rings. The molecule has 1 aromatic heterocycles. The third-order valence-electron chi connectivity index (χ3n) is 3.77. The topological polar surface area (TPSA) is 51.4 Å². The summed E-state index contributed by atoms with van der Waals surface area (Å²) < 4.78 is 5.58. The minimum atomic E-state index is -0.0162. The highest BCUT2D eigenvalue weighted by Crippen LogP contribution is 2.28. The fraction of sp³-hybridized carbons (Fsp3) is 0.667. The summed E-state index contributed by atoms with van der Waals surface area (Å²) in [6.45, 7) is 8.91. The van der Waals surface area contributed by atoms with Crippen LogP contribution in [0.2, 0.25) is 0 Å². The average molecular weight is 263 g/mol. The van der Waals surface area contributed by atoms with Crippen molar-refractivity contribution in [2.24, 2.45) is 5.73 Å². The van der Waals surface area contributed by atoms with Gasteiger partial charge in [0.05, 0.1) is 18.8 Å². The van der Waals surface area contributed by atoms with E-state index in [1.54, 1.807) is 0 Å². The maximum atomic E-state index is 6.10. The number of ether oxygens (including phenoxy) is 1. The lowest BCUT2D eigenvalue weighted by Gasteiger charge is -2.43. The maximum Gasteiger partial charge on any atom is 0.132 e. The van der Waals surface area contributed by atoms with Crippen molar-refractivity contribution in [1.82, 2.24) is 4.98 Å². The smallest absolute Gasteiger partial charge is 0.132 e. The number of anilines is 1. The van der Waals surface area contributed by atoms with Crippen molar-refractivity contribution in [3.05, 3.63) is 23.9 Å². The van der Waals surface area contributed by atoms with E-state index in [2.05, 4.69) is 36.7 Å². The molecule has 0 radical (unpaired) electrons.